The van der Waals surface area contributed by atoms with Gasteiger partial charge in [0, 0.05) is 4.90 Å². The fourth-order valence-electron chi connectivity index (χ4n) is 1.32. The molecule has 17 heavy (non-hydrogen) atoms. The zero-order chi connectivity index (χ0) is 12.4. The first-order valence-corrected chi connectivity index (χ1v) is 6.19. The van der Waals surface area contributed by atoms with Gasteiger partial charge in [0.25, 0.3) is 0 Å². The highest BCUT2D eigenvalue weighted by Crippen LogP contribution is 2.31. The van der Waals surface area contributed by atoms with E-state index in [1.807, 2.05) is 32.0 Å². The van der Waals surface area contributed by atoms with E-state index < -0.39 is 5.82 Å². The molecule has 0 aliphatic heterocycles. The molecule has 0 aliphatic carbocycles. The van der Waals surface area contributed by atoms with Gasteiger partial charge in [-0.25, -0.2) is 14.4 Å². The zero-order valence-corrected chi connectivity index (χ0v) is 10.9. The molecule has 2 aromatic rings. The van der Waals surface area contributed by atoms with Crippen LogP contribution in [0, 0.1) is 19.7 Å². The highest BCUT2D eigenvalue weighted by molar-refractivity contribution is 7.99. The molecule has 5 heteroatoms. The van der Waals surface area contributed by atoms with E-state index >= 15 is 0 Å². The molecular weight excluding hydrogens is 259 g/mol. The summed E-state index contributed by atoms with van der Waals surface area (Å²) < 4.78 is 13.5. The van der Waals surface area contributed by atoms with Crippen LogP contribution in [0.3, 0.4) is 0 Å². The van der Waals surface area contributed by atoms with Crippen LogP contribution >= 0.6 is 23.4 Å². The molecule has 0 spiro atoms. The number of nitrogens with zero attached hydrogens (tertiary/aromatic N) is 2. The minimum atomic E-state index is -0.458. The molecule has 0 aliphatic rings. The van der Waals surface area contributed by atoms with Gasteiger partial charge in [-0.1, -0.05) is 23.9 Å². The van der Waals surface area contributed by atoms with Crippen molar-refractivity contribution in [3.8, 4) is 0 Å². The van der Waals surface area contributed by atoms with Crippen molar-refractivity contribution in [1.29, 1.82) is 0 Å². The first-order chi connectivity index (χ1) is 8.06. The third-order valence-corrected chi connectivity index (χ3v) is 3.55. The molecule has 0 saturated heterocycles. The molecule has 0 N–H and O–H groups in total. The summed E-state index contributed by atoms with van der Waals surface area (Å²) in [5, 5.41) is 0.304. The van der Waals surface area contributed by atoms with Gasteiger partial charge in [-0.2, -0.15) is 0 Å². The zero-order valence-electron chi connectivity index (χ0n) is 9.37. The Morgan fingerprint density at radius 1 is 1.29 bits per heavy atom. The maximum atomic E-state index is 13.5. The van der Waals surface area contributed by atoms with Crippen LogP contribution in [0.2, 0.25) is 5.28 Å². The van der Waals surface area contributed by atoms with E-state index in [1.54, 1.807) is 0 Å². The van der Waals surface area contributed by atoms with Crippen LogP contribution in [0.4, 0.5) is 4.39 Å². The number of aromatic nitrogens is 2. The lowest BCUT2D eigenvalue weighted by atomic mass is 10.2. The van der Waals surface area contributed by atoms with Gasteiger partial charge in [0.15, 0.2) is 5.82 Å². The molecule has 2 rings (SSSR count). The third kappa shape index (κ3) is 2.96. The van der Waals surface area contributed by atoms with E-state index in [2.05, 4.69) is 9.97 Å². The number of rotatable bonds is 2. The summed E-state index contributed by atoms with van der Waals surface area (Å²) >= 11 is 6.91. The third-order valence-electron chi connectivity index (χ3n) is 2.23. The van der Waals surface area contributed by atoms with Crippen molar-refractivity contribution >= 4 is 23.4 Å². The first kappa shape index (κ1) is 12.3. The van der Waals surface area contributed by atoms with Gasteiger partial charge in [0.05, 0.1) is 6.20 Å². The van der Waals surface area contributed by atoms with Gasteiger partial charge in [0.2, 0.25) is 5.28 Å². The Bertz CT molecular complexity index is 511. The molecule has 0 atom stereocenters. The highest BCUT2D eigenvalue weighted by atomic mass is 35.5. The average molecular weight is 269 g/mol. The summed E-state index contributed by atoms with van der Waals surface area (Å²) in [7, 11) is 0. The maximum absolute atomic E-state index is 13.5. The van der Waals surface area contributed by atoms with Crippen molar-refractivity contribution in [2.45, 2.75) is 23.8 Å². The minimum absolute atomic E-state index is 0.0548. The van der Waals surface area contributed by atoms with Crippen LogP contribution in [0.1, 0.15) is 11.1 Å². The predicted molar refractivity (Wildman–Crippen MR) is 67.0 cm³/mol. The predicted octanol–water partition coefficient (Wildman–Crippen LogP) is 4.04. The molecule has 88 valence electrons. The fraction of sp³-hybridized carbons (Fsp3) is 0.167. The van der Waals surface area contributed by atoms with Gasteiger partial charge >= 0.3 is 0 Å². The Balaban J connectivity index is 2.37. The topological polar surface area (TPSA) is 25.8 Å². The van der Waals surface area contributed by atoms with Crippen LogP contribution in [0.5, 0.6) is 0 Å². The maximum Gasteiger partial charge on any atom is 0.223 e. The number of halogens is 2. The molecule has 0 radical (unpaired) electrons. The molecule has 2 nitrogen and oxygen atoms in total. The van der Waals surface area contributed by atoms with Crippen molar-refractivity contribution in [2.24, 2.45) is 0 Å². The molecule has 0 fully saturated rings. The second kappa shape index (κ2) is 5.02. The van der Waals surface area contributed by atoms with Crippen LogP contribution < -0.4 is 0 Å². The highest BCUT2D eigenvalue weighted by Gasteiger charge is 2.09. The molecule has 1 aromatic heterocycles. The Labute approximate surface area is 108 Å². The Morgan fingerprint density at radius 3 is 2.82 bits per heavy atom. The van der Waals surface area contributed by atoms with Crippen molar-refractivity contribution in [3.05, 3.63) is 46.6 Å². The molecular formula is C12H10ClFN2S. The SMILES string of the molecule is Cc1ccc(C)c(Sc2nc(Cl)ncc2F)c1. The summed E-state index contributed by atoms with van der Waals surface area (Å²) in [5.41, 5.74) is 2.20. The van der Waals surface area contributed by atoms with E-state index in [1.165, 1.54) is 11.8 Å². The Kier molecular flexibility index (Phi) is 3.64. The second-order valence-electron chi connectivity index (χ2n) is 3.66. The average Bonchev–Trinajstić information content (AvgIpc) is 2.28. The van der Waals surface area contributed by atoms with Crippen molar-refractivity contribution in [2.75, 3.05) is 0 Å². The van der Waals surface area contributed by atoms with E-state index in [-0.39, 0.29) is 10.3 Å². The second-order valence-corrected chi connectivity index (χ2v) is 5.03. The number of benzene rings is 1. The quantitative estimate of drug-likeness (QED) is 0.607. The van der Waals surface area contributed by atoms with E-state index in [0.717, 1.165) is 22.2 Å². The summed E-state index contributed by atoms with van der Waals surface area (Å²) in [5.74, 6) is -0.458. The van der Waals surface area contributed by atoms with E-state index in [0.29, 0.717) is 0 Å². The molecule has 0 unspecified atom stereocenters. The lowest BCUT2D eigenvalue weighted by Crippen LogP contribution is -1.91. The van der Waals surface area contributed by atoms with Gasteiger partial charge in [-0.05, 0) is 42.6 Å². The van der Waals surface area contributed by atoms with Crippen molar-refractivity contribution in [1.82, 2.24) is 9.97 Å². The number of hydrogen-bond donors (Lipinski definition) is 0. The molecule has 0 amide bonds. The molecule has 0 saturated carbocycles. The Morgan fingerprint density at radius 2 is 2.06 bits per heavy atom. The van der Waals surface area contributed by atoms with Crippen molar-refractivity contribution < 1.29 is 4.39 Å². The molecule has 1 aromatic carbocycles. The first-order valence-electron chi connectivity index (χ1n) is 4.99. The van der Waals surface area contributed by atoms with Gasteiger partial charge in [0.1, 0.15) is 5.03 Å². The van der Waals surface area contributed by atoms with Gasteiger partial charge in [-0.3, -0.25) is 0 Å². The summed E-state index contributed by atoms with van der Waals surface area (Å²) in [6.07, 6.45) is 1.09. The number of aryl methyl sites for hydroxylation is 2. The standard InChI is InChI=1S/C12H10ClFN2S/c1-7-3-4-8(2)10(5-7)17-11-9(14)6-15-12(13)16-11/h3-6H,1-2H3. The van der Waals surface area contributed by atoms with Gasteiger partial charge in [-0.15, -0.1) is 0 Å². The monoisotopic (exact) mass is 268 g/mol. The lowest BCUT2D eigenvalue weighted by molar-refractivity contribution is 0.579. The van der Waals surface area contributed by atoms with E-state index in [9.17, 15) is 4.39 Å². The molecule has 0 bridgehead atoms. The summed E-state index contributed by atoms with van der Waals surface area (Å²) in [6, 6.07) is 6.01. The van der Waals surface area contributed by atoms with E-state index in [4.69, 9.17) is 11.6 Å². The minimum Gasteiger partial charge on any atom is -0.223 e. The van der Waals surface area contributed by atoms with Gasteiger partial charge < -0.3 is 0 Å². The van der Waals surface area contributed by atoms with Crippen molar-refractivity contribution in [3.63, 3.8) is 0 Å². The van der Waals surface area contributed by atoms with Crippen LogP contribution in [0.25, 0.3) is 0 Å². The van der Waals surface area contributed by atoms with Crippen LogP contribution in [-0.4, -0.2) is 9.97 Å². The largest absolute Gasteiger partial charge is 0.223 e. The van der Waals surface area contributed by atoms with Crippen LogP contribution in [0.15, 0.2) is 34.3 Å². The fourth-order valence-corrected chi connectivity index (χ4v) is 2.47. The lowest BCUT2D eigenvalue weighted by Gasteiger charge is -2.06. The smallest absolute Gasteiger partial charge is 0.223 e. The Hall–Kier alpha value is -1.13. The summed E-state index contributed by atoms with van der Waals surface area (Å²) in [4.78, 5) is 8.44. The summed E-state index contributed by atoms with van der Waals surface area (Å²) in [6.45, 7) is 3.97. The van der Waals surface area contributed by atoms with Crippen LogP contribution in [-0.2, 0) is 0 Å². The normalized spacial score (nSPS) is 10.6. The molecule has 1 heterocycles. The number of hydrogen-bond acceptors (Lipinski definition) is 3.